The van der Waals surface area contributed by atoms with Crippen molar-refractivity contribution in [2.24, 2.45) is 5.92 Å². The van der Waals surface area contributed by atoms with Gasteiger partial charge in [0.25, 0.3) is 5.56 Å². The van der Waals surface area contributed by atoms with Crippen molar-refractivity contribution in [2.45, 2.75) is 39.8 Å². The number of aromatic nitrogens is 2. The molecule has 0 aliphatic carbocycles. The van der Waals surface area contributed by atoms with Gasteiger partial charge in [-0.2, -0.15) is 0 Å². The number of carbonyl (C=O) groups excluding carboxylic acids is 2. The standard InChI is InChI=1S/C27H33N5O3/c1-20(2)16-25(33)32-14-7-13-30(15-12-28-17-21-8-3-6-11-24(21)32)26(34)18-31-19-29-23-10-5-4-9-22(23)27(31)35/h3-6,8-11,19-20,28H,7,12-18H2,1-2H3. The van der Waals surface area contributed by atoms with Gasteiger partial charge < -0.3 is 15.1 Å². The molecule has 4 rings (SSSR count). The Morgan fingerprint density at radius 2 is 1.77 bits per heavy atom. The predicted molar refractivity (Wildman–Crippen MR) is 137 cm³/mol. The first-order valence-corrected chi connectivity index (χ1v) is 12.2. The fourth-order valence-electron chi connectivity index (χ4n) is 4.44. The van der Waals surface area contributed by atoms with E-state index < -0.39 is 0 Å². The van der Waals surface area contributed by atoms with Crippen LogP contribution in [0.1, 0.15) is 32.3 Å². The van der Waals surface area contributed by atoms with Gasteiger partial charge in [-0.1, -0.05) is 44.2 Å². The molecule has 8 nitrogen and oxygen atoms in total. The normalized spacial score (nSPS) is 15.1. The average molecular weight is 476 g/mol. The molecule has 8 heteroatoms. The predicted octanol–water partition coefficient (Wildman–Crippen LogP) is 2.80. The van der Waals surface area contributed by atoms with Crippen molar-refractivity contribution in [2.75, 3.05) is 31.1 Å². The van der Waals surface area contributed by atoms with Crippen molar-refractivity contribution in [3.8, 4) is 0 Å². The Morgan fingerprint density at radius 3 is 2.60 bits per heavy atom. The molecular weight excluding hydrogens is 442 g/mol. The van der Waals surface area contributed by atoms with Gasteiger partial charge in [-0.25, -0.2) is 4.98 Å². The Balaban J connectivity index is 1.51. The number of nitrogens with one attached hydrogen (secondary N) is 1. The van der Waals surface area contributed by atoms with E-state index >= 15 is 0 Å². The van der Waals surface area contributed by atoms with Gasteiger partial charge in [0.1, 0.15) is 6.54 Å². The number of benzene rings is 2. The second-order valence-corrected chi connectivity index (χ2v) is 9.38. The van der Waals surface area contributed by atoms with Crippen LogP contribution in [0.3, 0.4) is 0 Å². The molecular formula is C27H33N5O3. The third-order valence-electron chi connectivity index (χ3n) is 6.24. The zero-order chi connectivity index (χ0) is 24.8. The Hall–Kier alpha value is -3.52. The van der Waals surface area contributed by atoms with E-state index in [1.807, 2.05) is 49.1 Å². The molecule has 1 aromatic heterocycles. The van der Waals surface area contributed by atoms with Crippen molar-refractivity contribution in [3.63, 3.8) is 0 Å². The molecule has 0 bridgehead atoms. The van der Waals surface area contributed by atoms with Crippen molar-refractivity contribution >= 4 is 28.4 Å². The molecule has 35 heavy (non-hydrogen) atoms. The SMILES string of the molecule is CC(C)CC(=O)N1CCCN(C(=O)Cn2cnc3ccccc3c2=O)CCNCc2ccccc21. The quantitative estimate of drug-likeness (QED) is 0.627. The number of fused-ring (bicyclic) bond motifs is 2. The summed E-state index contributed by atoms with van der Waals surface area (Å²) in [4.78, 5) is 47.1. The lowest BCUT2D eigenvalue weighted by Gasteiger charge is -2.27. The van der Waals surface area contributed by atoms with Gasteiger partial charge in [-0.05, 0) is 36.1 Å². The Morgan fingerprint density at radius 1 is 1.00 bits per heavy atom. The molecule has 1 N–H and O–H groups in total. The van der Waals surface area contributed by atoms with Gasteiger partial charge in [0.15, 0.2) is 0 Å². The molecule has 0 saturated heterocycles. The summed E-state index contributed by atoms with van der Waals surface area (Å²) in [5.41, 5.74) is 2.39. The largest absolute Gasteiger partial charge is 0.340 e. The van der Waals surface area contributed by atoms with Crippen molar-refractivity contribution in [1.82, 2.24) is 19.8 Å². The fraction of sp³-hybridized carbons (Fsp3) is 0.407. The van der Waals surface area contributed by atoms with Gasteiger partial charge in [-0.3, -0.25) is 19.0 Å². The molecule has 2 aromatic carbocycles. The molecule has 0 saturated carbocycles. The van der Waals surface area contributed by atoms with Crippen molar-refractivity contribution in [3.05, 3.63) is 70.8 Å². The number of para-hydroxylation sites is 2. The highest BCUT2D eigenvalue weighted by atomic mass is 16.2. The number of anilines is 1. The van der Waals surface area contributed by atoms with Crippen LogP contribution in [0.2, 0.25) is 0 Å². The maximum Gasteiger partial charge on any atom is 0.261 e. The van der Waals surface area contributed by atoms with Crippen LogP contribution in [-0.2, 0) is 22.7 Å². The Bertz CT molecular complexity index is 1250. The molecule has 1 aliphatic rings. The highest BCUT2D eigenvalue weighted by molar-refractivity contribution is 5.94. The number of hydrogen-bond acceptors (Lipinski definition) is 5. The van der Waals surface area contributed by atoms with Crippen LogP contribution in [0.15, 0.2) is 59.7 Å². The van der Waals surface area contributed by atoms with Crippen LogP contribution in [0.25, 0.3) is 10.9 Å². The van der Waals surface area contributed by atoms with Gasteiger partial charge in [0, 0.05) is 44.8 Å². The van der Waals surface area contributed by atoms with Gasteiger partial charge in [-0.15, -0.1) is 0 Å². The van der Waals surface area contributed by atoms with Gasteiger partial charge >= 0.3 is 0 Å². The average Bonchev–Trinajstić information content (AvgIpc) is 2.88. The summed E-state index contributed by atoms with van der Waals surface area (Å²) in [5, 5.41) is 3.91. The molecule has 0 unspecified atom stereocenters. The number of rotatable bonds is 4. The smallest absolute Gasteiger partial charge is 0.261 e. The lowest BCUT2D eigenvalue weighted by atomic mass is 10.1. The van der Waals surface area contributed by atoms with Gasteiger partial charge in [0.05, 0.1) is 17.2 Å². The van der Waals surface area contributed by atoms with E-state index in [-0.39, 0.29) is 29.8 Å². The Kier molecular flexibility index (Phi) is 7.92. The minimum atomic E-state index is -0.221. The highest BCUT2D eigenvalue weighted by Gasteiger charge is 2.22. The van der Waals surface area contributed by atoms with Crippen LogP contribution >= 0.6 is 0 Å². The number of amides is 2. The summed E-state index contributed by atoms with van der Waals surface area (Å²) in [6.45, 7) is 6.81. The maximum atomic E-state index is 13.2. The van der Waals surface area contributed by atoms with E-state index in [1.165, 1.54) is 10.9 Å². The van der Waals surface area contributed by atoms with Crippen LogP contribution < -0.4 is 15.8 Å². The molecule has 0 fully saturated rings. The summed E-state index contributed by atoms with van der Waals surface area (Å²) in [6.07, 6.45) is 2.56. The summed E-state index contributed by atoms with van der Waals surface area (Å²) in [6, 6.07) is 15.1. The van der Waals surface area contributed by atoms with E-state index in [0.29, 0.717) is 56.5 Å². The topological polar surface area (TPSA) is 87.5 Å². The highest BCUT2D eigenvalue weighted by Crippen LogP contribution is 2.23. The minimum Gasteiger partial charge on any atom is -0.340 e. The zero-order valence-corrected chi connectivity index (χ0v) is 20.4. The summed E-state index contributed by atoms with van der Waals surface area (Å²) in [7, 11) is 0. The van der Waals surface area contributed by atoms with E-state index in [1.54, 1.807) is 23.1 Å². The zero-order valence-electron chi connectivity index (χ0n) is 20.4. The van der Waals surface area contributed by atoms with Gasteiger partial charge in [0.2, 0.25) is 11.8 Å². The van der Waals surface area contributed by atoms with E-state index in [2.05, 4.69) is 10.3 Å². The molecule has 2 heterocycles. The van der Waals surface area contributed by atoms with Crippen LogP contribution in [-0.4, -0.2) is 52.4 Å². The first-order valence-electron chi connectivity index (χ1n) is 12.2. The fourth-order valence-corrected chi connectivity index (χ4v) is 4.44. The maximum absolute atomic E-state index is 13.2. The monoisotopic (exact) mass is 475 g/mol. The second kappa shape index (κ2) is 11.3. The summed E-state index contributed by atoms with van der Waals surface area (Å²) < 4.78 is 1.37. The van der Waals surface area contributed by atoms with Crippen molar-refractivity contribution < 1.29 is 9.59 Å². The lowest BCUT2D eigenvalue weighted by Crippen LogP contribution is -2.41. The Labute approximate surface area is 205 Å². The molecule has 2 amide bonds. The molecule has 0 atom stereocenters. The third-order valence-corrected chi connectivity index (χ3v) is 6.24. The van der Waals surface area contributed by atoms with E-state index in [9.17, 15) is 14.4 Å². The lowest BCUT2D eigenvalue weighted by molar-refractivity contribution is -0.131. The van der Waals surface area contributed by atoms with E-state index in [0.717, 1.165) is 11.3 Å². The van der Waals surface area contributed by atoms with Crippen LogP contribution in [0, 0.1) is 5.92 Å². The molecule has 0 spiro atoms. The number of nitrogens with zero attached hydrogens (tertiary/aromatic N) is 4. The summed E-state index contributed by atoms with van der Waals surface area (Å²) >= 11 is 0. The van der Waals surface area contributed by atoms with Crippen LogP contribution in [0.4, 0.5) is 5.69 Å². The minimum absolute atomic E-state index is 0.0626. The van der Waals surface area contributed by atoms with Crippen LogP contribution in [0.5, 0.6) is 0 Å². The second-order valence-electron chi connectivity index (χ2n) is 9.38. The molecule has 0 radical (unpaired) electrons. The molecule has 1 aliphatic heterocycles. The first kappa shape index (κ1) is 24.6. The number of hydrogen-bond donors (Lipinski definition) is 1. The molecule has 184 valence electrons. The van der Waals surface area contributed by atoms with E-state index in [4.69, 9.17) is 0 Å². The first-order chi connectivity index (χ1) is 16.9. The van der Waals surface area contributed by atoms with Crippen molar-refractivity contribution in [1.29, 1.82) is 0 Å². The summed E-state index contributed by atoms with van der Waals surface area (Å²) in [5.74, 6) is 0.221. The molecule has 3 aromatic rings. The number of carbonyl (C=O) groups is 2. The third kappa shape index (κ3) is 5.95.